The van der Waals surface area contributed by atoms with Gasteiger partial charge in [-0.1, -0.05) is 78.3 Å². The Hall–Kier alpha value is -4.69. The Balaban J connectivity index is 1.40. The molecule has 0 saturated carbocycles. The molecule has 190 valence electrons. The van der Waals surface area contributed by atoms with E-state index in [4.69, 9.17) is 25.9 Å². The summed E-state index contributed by atoms with van der Waals surface area (Å²) >= 11 is 6.25. The summed E-state index contributed by atoms with van der Waals surface area (Å²) in [5.41, 5.74) is 4.73. The summed E-state index contributed by atoms with van der Waals surface area (Å²) in [6.07, 6.45) is 1.65. The van der Waals surface area contributed by atoms with Gasteiger partial charge in [-0.25, -0.2) is 14.8 Å². The second-order valence-corrected chi connectivity index (χ2v) is 8.99. The Morgan fingerprint density at radius 1 is 1.00 bits per heavy atom. The lowest BCUT2D eigenvalue weighted by Gasteiger charge is -2.15. The van der Waals surface area contributed by atoms with Crippen molar-refractivity contribution in [3.8, 4) is 22.5 Å². The third-order valence-corrected chi connectivity index (χ3v) is 6.36. The van der Waals surface area contributed by atoms with Crippen LogP contribution in [0.1, 0.15) is 24.2 Å². The molecule has 8 nitrogen and oxygen atoms in total. The van der Waals surface area contributed by atoms with E-state index in [0.29, 0.717) is 38.7 Å². The molecule has 0 spiro atoms. The van der Waals surface area contributed by atoms with Crippen molar-refractivity contribution in [2.24, 2.45) is 0 Å². The van der Waals surface area contributed by atoms with Gasteiger partial charge in [0.2, 0.25) is 5.71 Å². The molecule has 5 rings (SSSR count). The molecule has 5 aromatic rings. The number of amides is 1. The number of halogens is 1. The molecule has 2 heterocycles. The standard InChI is InChI=1S/C29H22ClN3O5/c1-17(22-4-2-3-5-24(22)30)37-29(36)33-26-23-15-31-16-32-28(23)38-27(26)21-12-10-20(11-13-21)19-8-6-18(7-9-19)14-25(34)35/h2-13,15-17H,14H2,1H3,(H,33,36)(H,34,35). The quantitative estimate of drug-likeness (QED) is 0.231. The van der Waals surface area contributed by atoms with E-state index < -0.39 is 18.2 Å². The van der Waals surface area contributed by atoms with Gasteiger partial charge < -0.3 is 14.3 Å². The van der Waals surface area contributed by atoms with Crippen LogP contribution < -0.4 is 5.32 Å². The van der Waals surface area contributed by atoms with Crippen molar-refractivity contribution in [1.29, 1.82) is 0 Å². The van der Waals surface area contributed by atoms with Crippen molar-refractivity contribution in [2.75, 3.05) is 5.32 Å². The van der Waals surface area contributed by atoms with Crippen molar-refractivity contribution >= 4 is 40.5 Å². The zero-order valence-corrected chi connectivity index (χ0v) is 21.0. The maximum absolute atomic E-state index is 12.9. The van der Waals surface area contributed by atoms with Crippen molar-refractivity contribution in [1.82, 2.24) is 9.97 Å². The molecule has 0 radical (unpaired) electrons. The molecule has 0 saturated heterocycles. The summed E-state index contributed by atoms with van der Waals surface area (Å²) < 4.78 is 11.6. The van der Waals surface area contributed by atoms with E-state index in [9.17, 15) is 9.59 Å². The minimum Gasteiger partial charge on any atom is -0.481 e. The molecule has 0 bridgehead atoms. The molecule has 2 N–H and O–H groups in total. The monoisotopic (exact) mass is 527 g/mol. The normalized spacial score (nSPS) is 11.7. The summed E-state index contributed by atoms with van der Waals surface area (Å²) in [6, 6.07) is 22.1. The smallest absolute Gasteiger partial charge is 0.412 e. The van der Waals surface area contributed by atoms with Gasteiger partial charge in [0.1, 0.15) is 18.1 Å². The molecule has 1 amide bonds. The molecule has 0 aliphatic rings. The number of rotatable bonds is 7. The highest BCUT2D eigenvalue weighted by Crippen LogP contribution is 2.38. The van der Waals surface area contributed by atoms with E-state index in [2.05, 4.69) is 15.3 Å². The number of aliphatic carboxylic acids is 1. The fourth-order valence-electron chi connectivity index (χ4n) is 4.13. The number of anilines is 1. The lowest BCUT2D eigenvalue weighted by atomic mass is 10.0. The van der Waals surface area contributed by atoms with Crippen LogP contribution in [0, 0.1) is 0 Å². The molecule has 1 unspecified atom stereocenters. The Morgan fingerprint density at radius 2 is 1.66 bits per heavy atom. The first-order chi connectivity index (χ1) is 18.4. The van der Waals surface area contributed by atoms with Gasteiger partial charge in [0, 0.05) is 22.3 Å². The minimum absolute atomic E-state index is 0.0243. The molecule has 3 aromatic carbocycles. The molecule has 0 aliphatic carbocycles. The third kappa shape index (κ3) is 5.35. The first-order valence-corrected chi connectivity index (χ1v) is 12.1. The van der Waals surface area contributed by atoms with Crippen LogP contribution in [-0.2, 0) is 16.0 Å². The van der Waals surface area contributed by atoms with Gasteiger partial charge >= 0.3 is 12.1 Å². The number of hydrogen-bond acceptors (Lipinski definition) is 6. The molecule has 0 aliphatic heterocycles. The van der Waals surface area contributed by atoms with Crippen LogP contribution in [-0.4, -0.2) is 27.1 Å². The minimum atomic E-state index is -0.871. The molecule has 2 aromatic heterocycles. The van der Waals surface area contributed by atoms with Gasteiger partial charge in [0.15, 0.2) is 5.76 Å². The Bertz CT molecular complexity index is 1610. The van der Waals surface area contributed by atoms with Gasteiger partial charge in [-0.2, -0.15) is 0 Å². The van der Waals surface area contributed by atoms with Crippen molar-refractivity contribution in [3.05, 3.63) is 101 Å². The molecular formula is C29H22ClN3O5. The fraction of sp³-hybridized carbons (Fsp3) is 0.103. The first-order valence-electron chi connectivity index (χ1n) is 11.7. The zero-order valence-electron chi connectivity index (χ0n) is 20.2. The summed E-state index contributed by atoms with van der Waals surface area (Å²) in [7, 11) is 0. The second-order valence-electron chi connectivity index (χ2n) is 8.59. The highest BCUT2D eigenvalue weighted by molar-refractivity contribution is 6.31. The van der Waals surface area contributed by atoms with Crippen molar-refractivity contribution < 1.29 is 23.8 Å². The van der Waals surface area contributed by atoms with Gasteiger partial charge in [0.25, 0.3) is 0 Å². The number of hydrogen-bond donors (Lipinski definition) is 2. The van der Waals surface area contributed by atoms with Gasteiger partial charge in [-0.3, -0.25) is 10.1 Å². The molecule has 38 heavy (non-hydrogen) atoms. The summed E-state index contributed by atoms with van der Waals surface area (Å²) in [5, 5.41) is 12.8. The average molecular weight is 528 g/mol. The SMILES string of the molecule is CC(OC(=O)Nc1c(-c2ccc(-c3ccc(CC(=O)O)cc3)cc2)oc2ncncc12)c1ccccc1Cl. The van der Waals surface area contributed by atoms with Gasteiger partial charge in [0.05, 0.1) is 11.8 Å². The zero-order chi connectivity index (χ0) is 26.6. The van der Waals surface area contributed by atoms with Crippen LogP contribution >= 0.6 is 11.6 Å². The number of benzene rings is 3. The molecule has 1 atom stereocenters. The van der Waals surface area contributed by atoms with Crippen LogP contribution in [0.2, 0.25) is 5.02 Å². The summed E-state index contributed by atoms with van der Waals surface area (Å²) in [6.45, 7) is 1.74. The number of aromatic nitrogens is 2. The first kappa shape index (κ1) is 25.0. The predicted molar refractivity (Wildman–Crippen MR) is 144 cm³/mol. The van der Waals surface area contributed by atoms with E-state index in [-0.39, 0.29) is 6.42 Å². The largest absolute Gasteiger partial charge is 0.481 e. The van der Waals surface area contributed by atoms with Crippen LogP contribution in [0.15, 0.2) is 89.7 Å². The van der Waals surface area contributed by atoms with E-state index >= 15 is 0 Å². The number of carbonyl (C=O) groups is 2. The molecule has 0 fully saturated rings. The van der Waals surface area contributed by atoms with Gasteiger partial charge in [-0.15, -0.1) is 0 Å². The topological polar surface area (TPSA) is 115 Å². The Kier molecular flexibility index (Phi) is 7.06. The van der Waals surface area contributed by atoms with Crippen LogP contribution in [0.3, 0.4) is 0 Å². The lowest BCUT2D eigenvalue weighted by molar-refractivity contribution is -0.136. The predicted octanol–water partition coefficient (Wildman–Crippen LogP) is 7.15. The number of carboxylic acids is 1. The van der Waals surface area contributed by atoms with E-state index in [1.54, 1.807) is 37.4 Å². The van der Waals surface area contributed by atoms with E-state index in [1.165, 1.54) is 6.33 Å². The number of ether oxygens (including phenoxy) is 1. The second kappa shape index (κ2) is 10.7. The highest BCUT2D eigenvalue weighted by atomic mass is 35.5. The summed E-state index contributed by atoms with van der Waals surface area (Å²) in [5.74, 6) is -0.463. The number of carbonyl (C=O) groups excluding carboxylic acids is 1. The maximum atomic E-state index is 12.9. The highest BCUT2D eigenvalue weighted by Gasteiger charge is 2.22. The lowest BCUT2D eigenvalue weighted by Crippen LogP contribution is -2.16. The number of fused-ring (bicyclic) bond motifs is 1. The Labute approximate surface area is 222 Å². The maximum Gasteiger partial charge on any atom is 0.412 e. The van der Waals surface area contributed by atoms with Gasteiger partial charge in [-0.05, 0) is 29.7 Å². The third-order valence-electron chi connectivity index (χ3n) is 6.01. The van der Waals surface area contributed by atoms with E-state index in [1.807, 2.05) is 48.5 Å². The number of nitrogens with one attached hydrogen (secondary N) is 1. The number of furan rings is 1. The van der Waals surface area contributed by atoms with Crippen molar-refractivity contribution in [2.45, 2.75) is 19.4 Å². The number of nitrogens with zero attached hydrogens (tertiary/aromatic N) is 2. The average Bonchev–Trinajstić information content (AvgIpc) is 3.27. The van der Waals surface area contributed by atoms with Crippen molar-refractivity contribution in [3.63, 3.8) is 0 Å². The van der Waals surface area contributed by atoms with Crippen LogP contribution in [0.25, 0.3) is 33.6 Å². The van der Waals surface area contributed by atoms with Crippen LogP contribution in [0.4, 0.5) is 10.5 Å². The fourth-order valence-corrected chi connectivity index (χ4v) is 4.42. The van der Waals surface area contributed by atoms with Crippen LogP contribution in [0.5, 0.6) is 0 Å². The van der Waals surface area contributed by atoms with E-state index in [0.717, 1.165) is 16.7 Å². The molecule has 9 heteroatoms. The molecular weight excluding hydrogens is 506 g/mol. The number of carboxylic acid groups (broad SMARTS) is 1. The Morgan fingerprint density at radius 3 is 2.34 bits per heavy atom. The summed E-state index contributed by atoms with van der Waals surface area (Å²) in [4.78, 5) is 32.0.